The van der Waals surface area contributed by atoms with Crippen molar-refractivity contribution in [3.63, 3.8) is 0 Å². The van der Waals surface area contributed by atoms with Crippen LogP contribution in [0.1, 0.15) is 19.3 Å². The van der Waals surface area contributed by atoms with E-state index in [-0.39, 0.29) is 17.9 Å². The Balaban J connectivity index is 1.97. The number of carboxylic acid groups (broad SMARTS) is 1. The highest BCUT2D eigenvalue weighted by atomic mass is 16.5. The fourth-order valence-electron chi connectivity index (χ4n) is 2.69. The smallest absolute Gasteiger partial charge is 0.407 e. The van der Waals surface area contributed by atoms with Crippen LogP contribution < -0.4 is 5.32 Å². The third kappa shape index (κ3) is 3.39. The van der Waals surface area contributed by atoms with Crippen molar-refractivity contribution >= 4 is 12.1 Å². The van der Waals surface area contributed by atoms with Gasteiger partial charge in [0.2, 0.25) is 0 Å². The molecule has 19 heavy (non-hydrogen) atoms. The molecule has 2 aliphatic rings. The molecule has 4 atom stereocenters. The van der Waals surface area contributed by atoms with Gasteiger partial charge in [-0.25, -0.2) is 4.79 Å². The lowest BCUT2D eigenvalue weighted by Crippen LogP contribution is -2.32. The third-order valence-electron chi connectivity index (χ3n) is 3.76. The van der Waals surface area contributed by atoms with E-state index in [0.29, 0.717) is 13.0 Å². The number of methoxy groups -OCH3 is 1. The third-order valence-corrected chi connectivity index (χ3v) is 3.76. The van der Waals surface area contributed by atoms with Crippen LogP contribution in [0.2, 0.25) is 0 Å². The number of hydrogen-bond acceptors (Lipinski definition) is 4. The molecule has 6 heteroatoms. The Morgan fingerprint density at radius 2 is 2.32 bits per heavy atom. The maximum Gasteiger partial charge on any atom is 0.407 e. The minimum atomic E-state index is -0.810. The predicted octanol–water partition coefficient (Wildman–Crippen LogP) is 1.37. The van der Waals surface area contributed by atoms with Crippen LogP contribution in [0.5, 0.6) is 0 Å². The zero-order valence-corrected chi connectivity index (χ0v) is 10.9. The number of carbonyl (C=O) groups excluding carboxylic acids is 1. The molecular weight excluding hydrogens is 250 g/mol. The first kappa shape index (κ1) is 13.7. The summed E-state index contributed by atoms with van der Waals surface area (Å²) in [6, 6.07) is -0.0916. The van der Waals surface area contributed by atoms with E-state index >= 15 is 0 Å². The van der Waals surface area contributed by atoms with Crippen molar-refractivity contribution in [3.05, 3.63) is 12.3 Å². The Morgan fingerprint density at radius 3 is 3.00 bits per heavy atom. The first-order valence-electron chi connectivity index (χ1n) is 6.49. The molecule has 0 aromatic rings. The lowest BCUT2D eigenvalue weighted by atomic mass is 9.84. The SMILES string of the molecule is COC(=O)N[C@@H]1CC1C(C(=O)O)C1C=COCCC1. The van der Waals surface area contributed by atoms with E-state index in [2.05, 4.69) is 10.1 Å². The van der Waals surface area contributed by atoms with E-state index in [1.807, 2.05) is 6.08 Å². The Hall–Kier alpha value is -1.72. The second-order valence-corrected chi connectivity index (χ2v) is 5.01. The highest BCUT2D eigenvalue weighted by molar-refractivity contribution is 5.73. The molecule has 0 aromatic carbocycles. The first-order chi connectivity index (χ1) is 9.13. The normalized spacial score (nSPS) is 30.7. The van der Waals surface area contributed by atoms with Crippen LogP contribution in [0.15, 0.2) is 12.3 Å². The molecule has 0 radical (unpaired) electrons. The predicted molar refractivity (Wildman–Crippen MR) is 66.4 cm³/mol. The zero-order chi connectivity index (χ0) is 13.8. The molecule has 3 unspecified atom stereocenters. The van der Waals surface area contributed by atoms with Gasteiger partial charge in [0.25, 0.3) is 0 Å². The molecule has 1 aliphatic carbocycles. The Morgan fingerprint density at radius 1 is 1.53 bits per heavy atom. The summed E-state index contributed by atoms with van der Waals surface area (Å²) < 4.78 is 9.72. The number of alkyl carbamates (subject to hydrolysis) is 1. The summed E-state index contributed by atoms with van der Waals surface area (Å²) in [7, 11) is 1.30. The fraction of sp³-hybridized carbons (Fsp3) is 0.692. The van der Waals surface area contributed by atoms with Crippen LogP contribution in [-0.2, 0) is 14.3 Å². The molecule has 2 N–H and O–H groups in total. The van der Waals surface area contributed by atoms with E-state index in [1.54, 1.807) is 6.26 Å². The molecule has 1 heterocycles. The number of rotatable bonds is 4. The van der Waals surface area contributed by atoms with Gasteiger partial charge in [0.15, 0.2) is 0 Å². The summed E-state index contributed by atoms with van der Waals surface area (Å²) in [5.74, 6) is -1.34. The molecule has 1 fully saturated rings. The van der Waals surface area contributed by atoms with Crippen LogP contribution in [0.4, 0.5) is 4.79 Å². The van der Waals surface area contributed by atoms with Crippen molar-refractivity contribution in [2.75, 3.05) is 13.7 Å². The summed E-state index contributed by atoms with van der Waals surface area (Å²) in [4.78, 5) is 22.6. The summed E-state index contributed by atoms with van der Waals surface area (Å²) >= 11 is 0. The van der Waals surface area contributed by atoms with Gasteiger partial charge in [0.05, 0.1) is 25.9 Å². The van der Waals surface area contributed by atoms with Gasteiger partial charge in [-0.1, -0.05) is 0 Å². The van der Waals surface area contributed by atoms with E-state index in [0.717, 1.165) is 12.8 Å². The van der Waals surface area contributed by atoms with Crippen molar-refractivity contribution in [2.45, 2.75) is 25.3 Å². The van der Waals surface area contributed by atoms with E-state index in [4.69, 9.17) is 4.74 Å². The molecule has 2 rings (SSSR count). The zero-order valence-electron chi connectivity index (χ0n) is 10.9. The van der Waals surface area contributed by atoms with Crippen LogP contribution in [-0.4, -0.2) is 36.9 Å². The Labute approximate surface area is 111 Å². The molecule has 1 saturated carbocycles. The van der Waals surface area contributed by atoms with Crippen molar-refractivity contribution in [2.24, 2.45) is 17.8 Å². The van der Waals surface area contributed by atoms with Gasteiger partial charge < -0.3 is 19.9 Å². The van der Waals surface area contributed by atoms with Gasteiger partial charge in [0, 0.05) is 6.04 Å². The average Bonchev–Trinajstić information content (AvgIpc) is 3.14. The lowest BCUT2D eigenvalue weighted by molar-refractivity contribution is -0.144. The number of amides is 1. The number of aliphatic carboxylic acids is 1. The standard InChI is InChI=1S/C13H19NO5/c1-18-13(17)14-10-7-9(10)11(12(15)16)8-3-2-5-19-6-4-8/h4,6,8-11H,2-3,5,7H2,1H3,(H,14,17)(H,15,16)/t8?,9?,10-,11?/m1/s1. The second-order valence-electron chi connectivity index (χ2n) is 5.01. The minimum absolute atomic E-state index is 0.0238. The molecule has 0 bridgehead atoms. The number of carboxylic acids is 1. The lowest BCUT2D eigenvalue weighted by Gasteiger charge is -2.19. The van der Waals surface area contributed by atoms with Crippen LogP contribution in [0, 0.1) is 17.8 Å². The monoisotopic (exact) mass is 269 g/mol. The maximum absolute atomic E-state index is 11.5. The summed E-state index contributed by atoms with van der Waals surface area (Å²) in [5, 5.41) is 12.1. The number of carbonyl (C=O) groups is 2. The summed E-state index contributed by atoms with van der Waals surface area (Å²) in [6.45, 7) is 0.633. The van der Waals surface area contributed by atoms with Crippen molar-refractivity contribution in [1.29, 1.82) is 0 Å². The number of hydrogen-bond donors (Lipinski definition) is 2. The fourth-order valence-corrected chi connectivity index (χ4v) is 2.69. The van der Waals surface area contributed by atoms with Crippen LogP contribution in [0.25, 0.3) is 0 Å². The quantitative estimate of drug-likeness (QED) is 0.805. The highest BCUT2D eigenvalue weighted by Crippen LogP contribution is 2.43. The topological polar surface area (TPSA) is 84.9 Å². The molecule has 0 saturated heterocycles. The van der Waals surface area contributed by atoms with E-state index in [9.17, 15) is 14.7 Å². The molecule has 1 amide bonds. The van der Waals surface area contributed by atoms with Crippen LogP contribution >= 0.6 is 0 Å². The average molecular weight is 269 g/mol. The largest absolute Gasteiger partial charge is 0.502 e. The van der Waals surface area contributed by atoms with Gasteiger partial charge in [0.1, 0.15) is 0 Å². The Kier molecular flexibility index (Phi) is 4.29. The van der Waals surface area contributed by atoms with E-state index in [1.165, 1.54) is 7.11 Å². The van der Waals surface area contributed by atoms with Crippen molar-refractivity contribution < 1.29 is 24.2 Å². The Bertz CT molecular complexity index is 381. The maximum atomic E-state index is 11.5. The van der Waals surface area contributed by atoms with E-state index < -0.39 is 18.0 Å². The van der Waals surface area contributed by atoms with Gasteiger partial charge in [-0.2, -0.15) is 0 Å². The van der Waals surface area contributed by atoms with Gasteiger partial charge in [-0.15, -0.1) is 0 Å². The van der Waals surface area contributed by atoms with Gasteiger partial charge >= 0.3 is 12.1 Å². The van der Waals surface area contributed by atoms with Crippen molar-refractivity contribution in [1.82, 2.24) is 5.32 Å². The number of ether oxygens (including phenoxy) is 2. The molecule has 0 aromatic heterocycles. The number of nitrogens with one attached hydrogen (secondary N) is 1. The molecular formula is C13H19NO5. The summed E-state index contributed by atoms with van der Waals surface area (Å²) in [5.41, 5.74) is 0. The molecule has 6 nitrogen and oxygen atoms in total. The van der Waals surface area contributed by atoms with Crippen LogP contribution in [0.3, 0.4) is 0 Å². The molecule has 1 aliphatic heterocycles. The van der Waals surface area contributed by atoms with Gasteiger partial charge in [-0.3, -0.25) is 4.79 Å². The molecule has 106 valence electrons. The summed E-state index contributed by atoms with van der Waals surface area (Å²) in [6.07, 6.45) is 5.27. The van der Waals surface area contributed by atoms with Gasteiger partial charge in [-0.05, 0) is 37.2 Å². The first-order valence-corrected chi connectivity index (χ1v) is 6.49. The molecule has 0 spiro atoms. The van der Waals surface area contributed by atoms with Crippen molar-refractivity contribution in [3.8, 4) is 0 Å². The number of allylic oxidation sites excluding steroid dienone is 1. The second kappa shape index (κ2) is 5.95. The highest BCUT2D eigenvalue weighted by Gasteiger charge is 2.49. The minimum Gasteiger partial charge on any atom is -0.502 e.